The molecule has 31 heavy (non-hydrogen) atoms. The Morgan fingerprint density at radius 1 is 1.03 bits per heavy atom. The quantitative estimate of drug-likeness (QED) is 0.565. The molecule has 1 atom stereocenters. The molecule has 0 saturated heterocycles. The maximum atomic E-state index is 12.9. The summed E-state index contributed by atoms with van der Waals surface area (Å²) in [4.78, 5) is 37.9. The largest absolute Gasteiger partial charge is 0.459 e. The van der Waals surface area contributed by atoms with E-state index in [1.54, 1.807) is 48.5 Å². The molecule has 1 aromatic heterocycles. The molecule has 2 N–H and O–H groups in total. The van der Waals surface area contributed by atoms with Gasteiger partial charge in [-0.3, -0.25) is 9.59 Å². The lowest BCUT2D eigenvalue weighted by atomic mass is 10.1. The molecule has 2 aromatic carbocycles. The molecule has 7 nitrogen and oxygen atoms in total. The van der Waals surface area contributed by atoms with Crippen molar-refractivity contribution in [3.05, 3.63) is 89.4 Å². The molecule has 1 saturated carbocycles. The zero-order chi connectivity index (χ0) is 21.8. The number of benzene rings is 2. The number of hydrogen-bond acceptors (Lipinski definition) is 5. The van der Waals surface area contributed by atoms with Gasteiger partial charge in [-0.2, -0.15) is 0 Å². The number of carbonyl (C=O) groups excluding carboxylic acids is 3. The minimum atomic E-state index is -1.06. The summed E-state index contributed by atoms with van der Waals surface area (Å²) in [6.07, 6.45) is 2.21. The summed E-state index contributed by atoms with van der Waals surface area (Å²) in [7, 11) is 0. The summed E-state index contributed by atoms with van der Waals surface area (Å²) in [5.41, 5.74) is 2.03. The van der Waals surface area contributed by atoms with Gasteiger partial charge in [0.2, 0.25) is 6.10 Å². The predicted octanol–water partition coefficient (Wildman–Crippen LogP) is 4.02. The average Bonchev–Trinajstić information content (AvgIpc) is 3.41. The van der Waals surface area contributed by atoms with Crippen molar-refractivity contribution in [1.29, 1.82) is 0 Å². The van der Waals surface area contributed by atoms with E-state index < -0.39 is 18.0 Å². The van der Waals surface area contributed by atoms with Crippen molar-refractivity contribution >= 4 is 23.5 Å². The van der Waals surface area contributed by atoms with E-state index >= 15 is 0 Å². The van der Waals surface area contributed by atoms with E-state index in [2.05, 4.69) is 10.6 Å². The molecule has 4 rings (SSSR count). The van der Waals surface area contributed by atoms with E-state index in [0.29, 0.717) is 11.3 Å². The van der Waals surface area contributed by atoms with E-state index in [0.717, 1.165) is 18.4 Å². The fourth-order valence-electron chi connectivity index (χ4n) is 3.06. The summed E-state index contributed by atoms with van der Waals surface area (Å²) in [5.74, 6) is -1.27. The smallest absolute Gasteiger partial charge is 0.339 e. The van der Waals surface area contributed by atoms with Gasteiger partial charge in [-0.25, -0.2) is 4.79 Å². The van der Waals surface area contributed by atoms with Crippen LogP contribution in [-0.2, 0) is 9.53 Å². The van der Waals surface area contributed by atoms with Crippen LogP contribution in [0.1, 0.15) is 51.0 Å². The highest BCUT2D eigenvalue weighted by Crippen LogP contribution is 2.25. The van der Waals surface area contributed by atoms with Crippen LogP contribution in [0.2, 0.25) is 0 Å². The topological polar surface area (TPSA) is 97.6 Å². The molecule has 0 aliphatic heterocycles. The van der Waals surface area contributed by atoms with Gasteiger partial charge in [-0.05, 0) is 49.6 Å². The number of ether oxygens (including phenoxy) is 1. The van der Waals surface area contributed by atoms with Gasteiger partial charge in [0.05, 0.1) is 11.8 Å². The van der Waals surface area contributed by atoms with Gasteiger partial charge < -0.3 is 19.8 Å². The second-order valence-corrected chi connectivity index (χ2v) is 7.44. The first-order chi connectivity index (χ1) is 15.0. The van der Waals surface area contributed by atoms with Crippen molar-refractivity contribution in [3.63, 3.8) is 0 Å². The third-order valence-corrected chi connectivity index (χ3v) is 4.96. The number of aryl methyl sites for hydroxylation is 1. The van der Waals surface area contributed by atoms with Crippen LogP contribution in [0.25, 0.3) is 0 Å². The van der Waals surface area contributed by atoms with Gasteiger partial charge in [-0.15, -0.1) is 0 Å². The van der Waals surface area contributed by atoms with Gasteiger partial charge in [0.25, 0.3) is 11.8 Å². The Hall–Kier alpha value is -3.87. The number of esters is 1. The van der Waals surface area contributed by atoms with Crippen molar-refractivity contribution in [1.82, 2.24) is 5.32 Å². The maximum Gasteiger partial charge on any atom is 0.339 e. The number of anilines is 1. The minimum absolute atomic E-state index is 0.139. The first kappa shape index (κ1) is 20.4. The molecule has 1 heterocycles. The molecule has 1 aliphatic carbocycles. The van der Waals surface area contributed by atoms with Crippen LogP contribution >= 0.6 is 0 Å². The Kier molecular flexibility index (Phi) is 5.84. The molecular weight excluding hydrogens is 396 g/mol. The monoisotopic (exact) mass is 418 g/mol. The van der Waals surface area contributed by atoms with Crippen molar-refractivity contribution in [2.24, 2.45) is 0 Å². The number of hydrogen-bond donors (Lipinski definition) is 2. The van der Waals surface area contributed by atoms with Gasteiger partial charge in [0, 0.05) is 17.3 Å². The van der Waals surface area contributed by atoms with E-state index in [9.17, 15) is 14.4 Å². The normalized spacial score (nSPS) is 13.8. The zero-order valence-corrected chi connectivity index (χ0v) is 17.0. The zero-order valence-electron chi connectivity index (χ0n) is 17.0. The molecule has 0 unspecified atom stereocenters. The van der Waals surface area contributed by atoms with Gasteiger partial charge in [0.15, 0.2) is 5.76 Å². The van der Waals surface area contributed by atoms with Crippen molar-refractivity contribution in [3.8, 4) is 0 Å². The number of amides is 2. The highest BCUT2D eigenvalue weighted by atomic mass is 16.5. The highest BCUT2D eigenvalue weighted by Gasteiger charge is 2.31. The van der Waals surface area contributed by atoms with Crippen molar-refractivity contribution in [2.45, 2.75) is 31.9 Å². The highest BCUT2D eigenvalue weighted by molar-refractivity contribution is 6.03. The number of rotatable bonds is 7. The summed E-state index contributed by atoms with van der Waals surface area (Å²) >= 11 is 0. The molecule has 3 aromatic rings. The Labute approximate surface area is 179 Å². The Balaban J connectivity index is 1.53. The van der Waals surface area contributed by atoms with E-state index in [1.807, 2.05) is 13.0 Å². The van der Waals surface area contributed by atoms with Gasteiger partial charge in [0.1, 0.15) is 0 Å². The second kappa shape index (κ2) is 8.87. The Bertz CT molecular complexity index is 1090. The number of nitrogens with one attached hydrogen (secondary N) is 2. The maximum absolute atomic E-state index is 12.9. The molecule has 0 spiro atoms. The molecule has 0 radical (unpaired) electrons. The van der Waals surface area contributed by atoms with Crippen LogP contribution in [0.3, 0.4) is 0 Å². The lowest BCUT2D eigenvalue weighted by Gasteiger charge is -2.18. The van der Waals surface area contributed by atoms with Crippen molar-refractivity contribution in [2.75, 3.05) is 5.32 Å². The van der Waals surface area contributed by atoms with Crippen LogP contribution < -0.4 is 10.6 Å². The van der Waals surface area contributed by atoms with E-state index in [1.165, 1.54) is 12.3 Å². The molecule has 1 aliphatic rings. The number of furan rings is 1. The lowest BCUT2D eigenvalue weighted by Crippen LogP contribution is -2.33. The summed E-state index contributed by atoms with van der Waals surface area (Å²) in [6.45, 7) is 1.81. The third kappa shape index (κ3) is 5.01. The predicted molar refractivity (Wildman–Crippen MR) is 114 cm³/mol. The molecule has 7 heteroatoms. The van der Waals surface area contributed by atoms with Crippen molar-refractivity contribution < 1.29 is 23.5 Å². The van der Waals surface area contributed by atoms with Gasteiger partial charge >= 0.3 is 5.97 Å². The molecule has 1 fully saturated rings. The summed E-state index contributed by atoms with van der Waals surface area (Å²) in [6, 6.07) is 17.0. The SMILES string of the molecule is Cc1ccc(C(=O)O[C@H](C(=O)NC2CC2)c2ccccc2)cc1NC(=O)c1ccco1. The minimum Gasteiger partial charge on any atom is -0.459 e. The Morgan fingerprint density at radius 3 is 2.48 bits per heavy atom. The fraction of sp³-hybridized carbons (Fsp3) is 0.208. The molecule has 158 valence electrons. The number of carbonyl (C=O) groups is 3. The van der Waals surface area contributed by atoms with Crippen LogP contribution in [-0.4, -0.2) is 23.8 Å². The van der Waals surface area contributed by atoms with E-state index in [4.69, 9.17) is 9.15 Å². The van der Waals surface area contributed by atoms with Crippen LogP contribution in [0.15, 0.2) is 71.3 Å². The standard InChI is InChI=1S/C24H22N2O5/c1-15-9-10-17(14-19(15)26-22(27)20-8-5-13-30-20)24(29)31-21(16-6-3-2-4-7-16)23(28)25-18-11-12-18/h2-10,13-14,18,21H,11-12H2,1H3,(H,25,28)(H,26,27)/t21-/m0/s1. The molecule has 0 bridgehead atoms. The van der Waals surface area contributed by atoms with Crippen LogP contribution in [0.5, 0.6) is 0 Å². The summed E-state index contributed by atoms with van der Waals surface area (Å²) < 4.78 is 10.7. The third-order valence-electron chi connectivity index (χ3n) is 4.96. The lowest BCUT2D eigenvalue weighted by molar-refractivity contribution is -0.130. The second-order valence-electron chi connectivity index (χ2n) is 7.44. The van der Waals surface area contributed by atoms with Crippen LogP contribution in [0.4, 0.5) is 5.69 Å². The first-order valence-corrected chi connectivity index (χ1v) is 10.0. The Morgan fingerprint density at radius 2 is 1.81 bits per heavy atom. The van der Waals surface area contributed by atoms with Crippen LogP contribution in [0, 0.1) is 6.92 Å². The summed E-state index contributed by atoms with van der Waals surface area (Å²) in [5, 5.41) is 5.62. The first-order valence-electron chi connectivity index (χ1n) is 10.0. The van der Waals surface area contributed by atoms with E-state index in [-0.39, 0.29) is 23.3 Å². The van der Waals surface area contributed by atoms with Gasteiger partial charge in [-0.1, -0.05) is 36.4 Å². The molecular formula is C24H22N2O5. The molecule has 2 amide bonds. The average molecular weight is 418 g/mol. The fourth-order valence-corrected chi connectivity index (χ4v) is 3.06.